The summed E-state index contributed by atoms with van der Waals surface area (Å²) in [6, 6.07) is 10.4. The maximum atomic E-state index is 12.4. The molecule has 0 bridgehead atoms. The molecule has 0 aliphatic carbocycles. The van der Waals surface area contributed by atoms with Crippen LogP contribution in [0.15, 0.2) is 47.4 Å². The first kappa shape index (κ1) is 17.0. The van der Waals surface area contributed by atoms with Gasteiger partial charge in [-0.25, -0.2) is 0 Å². The third kappa shape index (κ3) is 3.68. The van der Waals surface area contributed by atoms with Crippen molar-refractivity contribution in [1.29, 1.82) is 0 Å². The summed E-state index contributed by atoms with van der Waals surface area (Å²) in [6.07, 6.45) is 0. The number of nitrogens with zero attached hydrogens (tertiary/aromatic N) is 1. The molecule has 0 N–H and O–H groups in total. The number of rotatable bonds is 5. The lowest BCUT2D eigenvalue weighted by Gasteiger charge is -2.12. The van der Waals surface area contributed by atoms with Gasteiger partial charge in [0.05, 0.1) is 4.92 Å². The van der Waals surface area contributed by atoms with Crippen molar-refractivity contribution in [2.24, 2.45) is 0 Å². The van der Waals surface area contributed by atoms with Gasteiger partial charge in [0.25, 0.3) is 5.69 Å². The molecule has 2 aromatic carbocycles. The molecule has 0 aromatic heterocycles. The van der Waals surface area contributed by atoms with Crippen LogP contribution in [0, 0.1) is 17.0 Å². The van der Waals surface area contributed by atoms with Gasteiger partial charge < -0.3 is 4.18 Å². The monoisotopic (exact) mass is 335 g/mol. The molecule has 0 saturated carbocycles. The van der Waals surface area contributed by atoms with E-state index in [-0.39, 0.29) is 11.7 Å². The second-order valence-electron chi connectivity index (χ2n) is 5.44. The average Bonchev–Trinajstić information content (AvgIpc) is 2.49. The fourth-order valence-electron chi connectivity index (χ4n) is 2.05. The predicted molar refractivity (Wildman–Crippen MR) is 86.2 cm³/mol. The summed E-state index contributed by atoms with van der Waals surface area (Å²) in [5.74, 6) is 0.376. The van der Waals surface area contributed by atoms with Crippen molar-refractivity contribution in [2.75, 3.05) is 0 Å². The van der Waals surface area contributed by atoms with Crippen molar-refractivity contribution in [1.82, 2.24) is 0 Å². The zero-order chi connectivity index (χ0) is 17.2. The Bertz CT molecular complexity index is 843. The molecule has 0 aliphatic rings. The third-order valence-electron chi connectivity index (χ3n) is 3.41. The van der Waals surface area contributed by atoms with Crippen LogP contribution < -0.4 is 4.18 Å². The summed E-state index contributed by atoms with van der Waals surface area (Å²) >= 11 is 0. The number of hydrogen-bond acceptors (Lipinski definition) is 5. The van der Waals surface area contributed by atoms with Gasteiger partial charge in [0, 0.05) is 6.07 Å². The molecular weight excluding hydrogens is 318 g/mol. The molecule has 7 heteroatoms. The normalized spacial score (nSPS) is 11.5. The molecule has 122 valence electrons. The van der Waals surface area contributed by atoms with Crippen LogP contribution in [0.1, 0.15) is 30.9 Å². The third-order valence-corrected chi connectivity index (χ3v) is 4.69. The van der Waals surface area contributed by atoms with E-state index in [1.807, 2.05) is 19.9 Å². The SMILES string of the molecule is Cc1ccc(C(C)C)cc1OS(=O)(=O)c1ccccc1[N+](=O)[O-]. The lowest BCUT2D eigenvalue weighted by molar-refractivity contribution is -0.387. The second-order valence-corrected chi connectivity index (χ2v) is 6.96. The van der Waals surface area contributed by atoms with Gasteiger partial charge in [-0.2, -0.15) is 8.42 Å². The maximum absolute atomic E-state index is 12.4. The Balaban J connectivity index is 2.48. The number of aryl methyl sites for hydroxylation is 1. The summed E-state index contributed by atoms with van der Waals surface area (Å²) in [7, 11) is -4.30. The standard InChI is InChI=1S/C16H17NO5S/c1-11(2)13-9-8-12(3)15(10-13)22-23(20,21)16-7-5-4-6-14(16)17(18)19/h4-11H,1-3H3. The van der Waals surface area contributed by atoms with E-state index in [2.05, 4.69) is 0 Å². The molecular formula is C16H17NO5S. The van der Waals surface area contributed by atoms with Gasteiger partial charge in [0.15, 0.2) is 4.90 Å². The van der Waals surface area contributed by atoms with Gasteiger partial charge in [-0.05, 0) is 36.1 Å². The molecule has 2 aromatic rings. The zero-order valence-corrected chi connectivity index (χ0v) is 13.8. The smallest absolute Gasteiger partial charge is 0.346 e. The summed E-state index contributed by atoms with van der Waals surface area (Å²) in [6.45, 7) is 5.67. The second kappa shape index (κ2) is 6.37. The summed E-state index contributed by atoms with van der Waals surface area (Å²) in [4.78, 5) is 9.82. The first-order valence-corrected chi connectivity index (χ1v) is 8.41. The molecule has 0 aliphatic heterocycles. The van der Waals surface area contributed by atoms with Gasteiger partial charge in [-0.1, -0.05) is 38.1 Å². The number of hydrogen-bond donors (Lipinski definition) is 0. The Hall–Kier alpha value is -2.41. The fourth-order valence-corrected chi connectivity index (χ4v) is 3.20. The van der Waals surface area contributed by atoms with Crippen LogP contribution in [0.3, 0.4) is 0 Å². The lowest BCUT2D eigenvalue weighted by atomic mass is 10.0. The van der Waals surface area contributed by atoms with Gasteiger partial charge >= 0.3 is 10.1 Å². The predicted octanol–water partition coefficient (Wildman–Crippen LogP) is 3.79. The molecule has 0 saturated heterocycles. The Morgan fingerprint density at radius 3 is 2.39 bits per heavy atom. The first-order valence-electron chi connectivity index (χ1n) is 7.01. The van der Waals surface area contributed by atoms with Crippen molar-refractivity contribution in [3.8, 4) is 5.75 Å². The molecule has 0 heterocycles. The summed E-state index contributed by atoms with van der Waals surface area (Å²) in [5.41, 5.74) is 1.05. The molecule has 0 atom stereocenters. The quantitative estimate of drug-likeness (QED) is 0.471. The van der Waals surface area contributed by atoms with E-state index in [1.165, 1.54) is 12.1 Å². The van der Waals surface area contributed by atoms with Crippen LogP contribution in [0.5, 0.6) is 5.75 Å². The highest BCUT2D eigenvalue weighted by Gasteiger charge is 2.27. The summed E-state index contributed by atoms with van der Waals surface area (Å²) in [5, 5.41) is 11.0. The highest BCUT2D eigenvalue weighted by molar-refractivity contribution is 7.87. The van der Waals surface area contributed by atoms with E-state index in [1.54, 1.807) is 19.1 Å². The van der Waals surface area contributed by atoms with Crippen LogP contribution >= 0.6 is 0 Å². The van der Waals surface area contributed by atoms with Gasteiger partial charge in [-0.3, -0.25) is 10.1 Å². The Morgan fingerprint density at radius 1 is 1.13 bits per heavy atom. The molecule has 0 amide bonds. The minimum atomic E-state index is -4.30. The van der Waals surface area contributed by atoms with E-state index in [9.17, 15) is 18.5 Å². The van der Waals surface area contributed by atoms with E-state index in [0.29, 0.717) is 5.56 Å². The van der Waals surface area contributed by atoms with Crippen LogP contribution in [0.4, 0.5) is 5.69 Å². The molecule has 0 radical (unpaired) electrons. The van der Waals surface area contributed by atoms with E-state index in [0.717, 1.165) is 17.7 Å². The van der Waals surface area contributed by atoms with Crippen molar-refractivity contribution in [3.63, 3.8) is 0 Å². The van der Waals surface area contributed by atoms with Crippen molar-refractivity contribution in [3.05, 3.63) is 63.7 Å². The number of nitro groups is 1. The molecule has 0 fully saturated rings. The number of benzene rings is 2. The molecule has 2 rings (SSSR count). The minimum Gasteiger partial charge on any atom is -0.378 e. The Morgan fingerprint density at radius 2 is 1.78 bits per heavy atom. The lowest BCUT2D eigenvalue weighted by Crippen LogP contribution is -2.12. The van der Waals surface area contributed by atoms with Crippen LogP contribution in [-0.2, 0) is 10.1 Å². The van der Waals surface area contributed by atoms with Crippen LogP contribution in [0.2, 0.25) is 0 Å². The minimum absolute atomic E-state index is 0.175. The fraction of sp³-hybridized carbons (Fsp3) is 0.250. The van der Waals surface area contributed by atoms with Crippen molar-refractivity contribution < 1.29 is 17.5 Å². The first-order chi connectivity index (χ1) is 10.7. The van der Waals surface area contributed by atoms with Crippen LogP contribution in [0.25, 0.3) is 0 Å². The molecule has 0 unspecified atom stereocenters. The molecule has 23 heavy (non-hydrogen) atoms. The highest BCUT2D eigenvalue weighted by atomic mass is 32.2. The van der Waals surface area contributed by atoms with Crippen LogP contribution in [-0.4, -0.2) is 13.3 Å². The van der Waals surface area contributed by atoms with E-state index >= 15 is 0 Å². The molecule has 0 spiro atoms. The van der Waals surface area contributed by atoms with Gasteiger partial charge in [0.1, 0.15) is 5.75 Å². The Labute approximate surface area is 135 Å². The van der Waals surface area contributed by atoms with Gasteiger partial charge in [0.2, 0.25) is 0 Å². The van der Waals surface area contributed by atoms with E-state index in [4.69, 9.17) is 4.18 Å². The number of nitro benzene ring substituents is 1. The highest BCUT2D eigenvalue weighted by Crippen LogP contribution is 2.30. The topological polar surface area (TPSA) is 86.5 Å². The number of para-hydroxylation sites is 1. The molecule has 6 nitrogen and oxygen atoms in total. The van der Waals surface area contributed by atoms with Crippen molar-refractivity contribution in [2.45, 2.75) is 31.6 Å². The van der Waals surface area contributed by atoms with E-state index < -0.39 is 25.6 Å². The average molecular weight is 335 g/mol. The maximum Gasteiger partial charge on any atom is 0.346 e. The Kier molecular flexibility index (Phi) is 4.70. The van der Waals surface area contributed by atoms with Crippen molar-refractivity contribution >= 4 is 15.8 Å². The zero-order valence-electron chi connectivity index (χ0n) is 13.0. The summed E-state index contributed by atoms with van der Waals surface area (Å²) < 4.78 is 30.0. The largest absolute Gasteiger partial charge is 0.378 e. The van der Waals surface area contributed by atoms with Gasteiger partial charge in [-0.15, -0.1) is 0 Å².